The predicted octanol–water partition coefficient (Wildman–Crippen LogP) is 4.15. The van der Waals surface area contributed by atoms with Crippen LogP contribution >= 0.6 is 11.3 Å². The summed E-state index contributed by atoms with van der Waals surface area (Å²) >= 11 is 1.74. The largest absolute Gasteiger partial charge is 0.326 e. The molecule has 0 N–H and O–H groups in total. The van der Waals surface area contributed by atoms with E-state index in [1.165, 1.54) is 35.3 Å². The molecule has 1 aromatic carbocycles. The molecule has 0 spiro atoms. The lowest BCUT2D eigenvalue weighted by molar-refractivity contribution is 0.807. The first-order valence-corrected chi connectivity index (χ1v) is 7.94. The van der Waals surface area contributed by atoms with Crippen molar-refractivity contribution in [1.82, 2.24) is 9.55 Å². The molecule has 20 heavy (non-hydrogen) atoms. The smallest absolute Gasteiger partial charge is 0.150 e. The summed E-state index contributed by atoms with van der Waals surface area (Å²) in [6, 6.07) is 11.2. The summed E-state index contributed by atoms with van der Waals surface area (Å²) in [7, 11) is 0. The number of rotatable bonds is 3. The molecule has 1 aliphatic carbocycles. The quantitative estimate of drug-likeness (QED) is 0.705. The first kappa shape index (κ1) is 11.9. The Hall–Kier alpha value is -1.87. The van der Waals surface area contributed by atoms with Crippen molar-refractivity contribution in [1.29, 1.82) is 0 Å². The highest BCUT2D eigenvalue weighted by Gasteiger charge is 2.12. The Bertz CT molecular complexity index is 725. The van der Waals surface area contributed by atoms with E-state index in [4.69, 9.17) is 0 Å². The maximum atomic E-state index is 4.50. The third-order valence-electron chi connectivity index (χ3n) is 3.97. The molecule has 0 bridgehead atoms. The molecule has 2 heterocycles. The maximum absolute atomic E-state index is 4.50. The highest BCUT2D eigenvalue weighted by Crippen LogP contribution is 2.26. The molecule has 1 aliphatic rings. The van der Waals surface area contributed by atoms with Gasteiger partial charge in [-0.1, -0.05) is 24.3 Å². The van der Waals surface area contributed by atoms with Gasteiger partial charge in [0.2, 0.25) is 0 Å². The summed E-state index contributed by atoms with van der Waals surface area (Å²) < 4.78 is 2.24. The van der Waals surface area contributed by atoms with Crippen LogP contribution in [-0.2, 0) is 19.4 Å². The molecule has 3 heteroatoms. The van der Waals surface area contributed by atoms with Crippen LogP contribution in [0.3, 0.4) is 0 Å². The SMILES string of the molecule is c1csc(-c2nccn2Cc2ccc3c(c2)CCC3)c1. The Morgan fingerprint density at radius 3 is 3.00 bits per heavy atom. The third kappa shape index (κ3) is 2.08. The number of imidazole rings is 1. The van der Waals surface area contributed by atoms with Crippen LogP contribution in [0.2, 0.25) is 0 Å². The van der Waals surface area contributed by atoms with E-state index in [1.54, 1.807) is 16.9 Å². The minimum atomic E-state index is 0.903. The molecule has 0 saturated heterocycles. The van der Waals surface area contributed by atoms with E-state index in [9.17, 15) is 0 Å². The number of hydrogen-bond acceptors (Lipinski definition) is 2. The van der Waals surface area contributed by atoms with Crippen LogP contribution in [0, 0.1) is 0 Å². The molecule has 0 radical (unpaired) electrons. The van der Waals surface area contributed by atoms with Crippen molar-refractivity contribution in [2.24, 2.45) is 0 Å². The van der Waals surface area contributed by atoms with Gasteiger partial charge in [0.1, 0.15) is 5.82 Å². The number of benzene rings is 1. The summed E-state index contributed by atoms with van der Waals surface area (Å²) in [6.07, 6.45) is 7.76. The number of fused-ring (bicyclic) bond motifs is 1. The molecular weight excluding hydrogens is 264 g/mol. The number of nitrogens with zero attached hydrogens (tertiary/aromatic N) is 2. The molecule has 100 valence electrons. The van der Waals surface area contributed by atoms with Gasteiger partial charge in [-0.25, -0.2) is 4.98 Å². The van der Waals surface area contributed by atoms with E-state index in [-0.39, 0.29) is 0 Å². The number of aryl methyl sites for hydroxylation is 2. The van der Waals surface area contributed by atoms with Gasteiger partial charge in [0.25, 0.3) is 0 Å². The van der Waals surface area contributed by atoms with Gasteiger partial charge >= 0.3 is 0 Å². The fourth-order valence-electron chi connectivity index (χ4n) is 2.99. The Balaban J connectivity index is 1.65. The number of hydrogen-bond donors (Lipinski definition) is 0. The zero-order valence-corrected chi connectivity index (χ0v) is 12.1. The molecular formula is C17H16N2S. The minimum Gasteiger partial charge on any atom is -0.326 e. The molecule has 0 amide bonds. The van der Waals surface area contributed by atoms with Gasteiger partial charge in [-0.05, 0) is 47.4 Å². The molecule has 3 aromatic rings. The minimum absolute atomic E-state index is 0.903. The van der Waals surface area contributed by atoms with E-state index >= 15 is 0 Å². The van der Waals surface area contributed by atoms with E-state index < -0.39 is 0 Å². The van der Waals surface area contributed by atoms with Gasteiger partial charge in [-0.3, -0.25) is 0 Å². The second kappa shape index (κ2) is 4.91. The highest BCUT2D eigenvalue weighted by molar-refractivity contribution is 7.13. The average molecular weight is 280 g/mol. The van der Waals surface area contributed by atoms with E-state index in [1.807, 2.05) is 6.20 Å². The number of thiophene rings is 1. The van der Waals surface area contributed by atoms with Crippen molar-refractivity contribution in [3.63, 3.8) is 0 Å². The van der Waals surface area contributed by atoms with Gasteiger partial charge < -0.3 is 4.57 Å². The van der Waals surface area contributed by atoms with Crippen molar-refractivity contribution in [2.45, 2.75) is 25.8 Å². The van der Waals surface area contributed by atoms with E-state index in [2.05, 4.69) is 51.5 Å². The van der Waals surface area contributed by atoms with Crippen LogP contribution in [0.25, 0.3) is 10.7 Å². The van der Waals surface area contributed by atoms with Crippen LogP contribution in [0.4, 0.5) is 0 Å². The Labute approximate surface area is 122 Å². The molecule has 2 aromatic heterocycles. The zero-order valence-electron chi connectivity index (χ0n) is 11.2. The van der Waals surface area contributed by atoms with Crippen LogP contribution in [0.15, 0.2) is 48.1 Å². The molecule has 0 saturated carbocycles. The first-order chi connectivity index (χ1) is 9.90. The number of aromatic nitrogens is 2. The first-order valence-electron chi connectivity index (χ1n) is 7.06. The third-order valence-corrected chi connectivity index (χ3v) is 4.84. The Kier molecular flexibility index (Phi) is 2.92. The Morgan fingerprint density at radius 1 is 1.15 bits per heavy atom. The van der Waals surface area contributed by atoms with Crippen molar-refractivity contribution in [3.05, 3.63) is 64.8 Å². The summed E-state index contributed by atoms with van der Waals surface area (Å²) in [6.45, 7) is 0.903. The monoisotopic (exact) mass is 280 g/mol. The second-order valence-electron chi connectivity index (χ2n) is 5.31. The van der Waals surface area contributed by atoms with Crippen LogP contribution in [0.5, 0.6) is 0 Å². The van der Waals surface area contributed by atoms with Crippen molar-refractivity contribution in [3.8, 4) is 10.7 Å². The average Bonchev–Trinajstić information content (AvgIpc) is 3.19. The van der Waals surface area contributed by atoms with E-state index in [0.717, 1.165) is 12.4 Å². The van der Waals surface area contributed by atoms with Crippen LogP contribution in [0.1, 0.15) is 23.1 Å². The fraction of sp³-hybridized carbons (Fsp3) is 0.235. The van der Waals surface area contributed by atoms with Crippen LogP contribution in [-0.4, -0.2) is 9.55 Å². The van der Waals surface area contributed by atoms with Gasteiger partial charge in [0.05, 0.1) is 4.88 Å². The maximum Gasteiger partial charge on any atom is 0.150 e. The second-order valence-corrected chi connectivity index (χ2v) is 6.26. The molecule has 4 rings (SSSR count). The van der Waals surface area contributed by atoms with Crippen molar-refractivity contribution >= 4 is 11.3 Å². The van der Waals surface area contributed by atoms with Gasteiger partial charge in [0.15, 0.2) is 0 Å². The van der Waals surface area contributed by atoms with Gasteiger partial charge in [-0.2, -0.15) is 0 Å². The summed E-state index contributed by atoms with van der Waals surface area (Å²) in [5, 5.41) is 2.10. The highest BCUT2D eigenvalue weighted by atomic mass is 32.1. The molecule has 2 nitrogen and oxygen atoms in total. The fourth-order valence-corrected chi connectivity index (χ4v) is 3.72. The lowest BCUT2D eigenvalue weighted by atomic mass is 10.1. The lowest BCUT2D eigenvalue weighted by Crippen LogP contribution is -2.01. The molecule has 0 fully saturated rings. The van der Waals surface area contributed by atoms with Crippen molar-refractivity contribution < 1.29 is 0 Å². The van der Waals surface area contributed by atoms with Gasteiger partial charge in [-0.15, -0.1) is 11.3 Å². The molecule has 0 unspecified atom stereocenters. The van der Waals surface area contributed by atoms with E-state index in [0.29, 0.717) is 0 Å². The molecule has 0 atom stereocenters. The molecule has 0 aliphatic heterocycles. The van der Waals surface area contributed by atoms with Gasteiger partial charge in [0, 0.05) is 18.9 Å². The summed E-state index contributed by atoms with van der Waals surface area (Å²) in [5.74, 6) is 1.07. The predicted molar refractivity (Wildman–Crippen MR) is 83.1 cm³/mol. The summed E-state index contributed by atoms with van der Waals surface area (Å²) in [5.41, 5.74) is 4.46. The zero-order chi connectivity index (χ0) is 13.4. The topological polar surface area (TPSA) is 17.8 Å². The normalized spacial score (nSPS) is 13.6. The standard InChI is InChI=1S/C17H16N2S/c1-3-14-7-6-13(11-15(14)4-1)12-19-9-8-18-17(19)16-5-2-10-20-16/h2,5-11H,1,3-4,12H2. The lowest BCUT2D eigenvalue weighted by Gasteiger charge is -2.08. The van der Waals surface area contributed by atoms with Crippen molar-refractivity contribution in [2.75, 3.05) is 0 Å². The summed E-state index contributed by atoms with van der Waals surface area (Å²) in [4.78, 5) is 5.73. The van der Waals surface area contributed by atoms with Crippen LogP contribution < -0.4 is 0 Å². The Morgan fingerprint density at radius 2 is 2.10 bits per heavy atom.